The number of guanidine groups is 1. The number of aliphatic imine (C=N–C) groups is 1. The highest BCUT2D eigenvalue weighted by atomic mass is 127. The van der Waals surface area contributed by atoms with Crippen molar-refractivity contribution in [3.63, 3.8) is 0 Å². The van der Waals surface area contributed by atoms with Gasteiger partial charge in [-0.2, -0.15) is 0 Å². The van der Waals surface area contributed by atoms with Crippen LogP contribution in [0.2, 0.25) is 0 Å². The van der Waals surface area contributed by atoms with Crippen molar-refractivity contribution in [2.45, 2.75) is 51.6 Å². The Morgan fingerprint density at radius 3 is 2.70 bits per heavy atom. The van der Waals surface area contributed by atoms with Gasteiger partial charge in [-0.05, 0) is 39.7 Å². The van der Waals surface area contributed by atoms with Gasteiger partial charge < -0.3 is 10.6 Å². The van der Waals surface area contributed by atoms with E-state index in [2.05, 4.69) is 27.4 Å². The van der Waals surface area contributed by atoms with Crippen molar-refractivity contribution in [1.29, 1.82) is 0 Å². The third kappa shape index (κ3) is 7.13. The average Bonchev–Trinajstić information content (AvgIpc) is 2.80. The summed E-state index contributed by atoms with van der Waals surface area (Å²) in [6.45, 7) is 7.98. The molecule has 0 aromatic carbocycles. The maximum atomic E-state index is 11.5. The summed E-state index contributed by atoms with van der Waals surface area (Å²) < 4.78 is 23.1. The number of rotatable bonds is 5. The van der Waals surface area contributed by atoms with Crippen molar-refractivity contribution >= 4 is 39.8 Å². The van der Waals surface area contributed by atoms with Crippen molar-refractivity contribution in [3.8, 4) is 0 Å². The van der Waals surface area contributed by atoms with Gasteiger partial charge in [-0.25, -0.2) is 8.42 Å². The van der Waals surface area contributed by atoms with Gasteiger partial charge in [-0.1, -0.05) is 6.42 Å². The molecule has 2 fully saturated rings. The second-order valence-corrected chi connectivity index (χ2v) is 8.61. The minimum Gasteiger partial charge on any atom is -0.357 e. The summed E-state index contributed by atoms with van der Waals surface area (Å²) in [5, 5.41) is 6.47. The van der Waals surface area contributed by atoms with Crippen LogP contribution in [0, 0.1) is 0 Å². The molecule has 2 heterocycles. The smallest absolute Gasteiger partial charge is 0.191 e. The maximum absolute atomic E-state index is 11.5. The van der Waals surface area contributed by atoms with Crippen molar-refractivity contribution in [1.82, 2.24) is 15.5 Å². The van der Waals surface area contributed by atoms with E-state index in [4.69, 9.17) is 0 Å². The van der Waals surface area contributed by atoms with E-state index in [9.17, 15) is 8.42 Å². The Morgan fingerprint density at radius 2 is 2.09 bits per heavy atom. The summed E-state index contributed by atoms with van der Waals surface area (Å²) in [4.78, 5) is 7.11. The number of hydrogen-bond acceptors (Lipinski definition) is 4. The van der Waals surface area contributed by atoms with Crippen LogP contribution in [0.15, 0.2) is 4.99 Å². The molecule has 2 unspecified atom stereocenters. The average molecular weight is 458 g/mol. The molecule has 23 heavy (non-hydrogen) atoms. The third-order valence-corrected chi connectivity index (χ3v) is 6.28. The highest BCUT2D eigenvalue weighted by Gasteiger charge is 2.28. The van der Waals surface area contributed by atoms with Crippen LogP contribution >= 0.6 is 24.0 Å². The lowest BCUT2D eigenvalue weighted by molar-refractivity contribution is 0.166. The second-order valence-electron chi connectivity index (χ2n) is 6.39. The van der Waals surface area contributed by atoms with E-state index in [1.807, 2.05) is 6.92 Å². The summed E-state index contributed by atoms with van der Waals surface area (Å²) in [6.07, 6.45) is 4.57. The molecule has 0 saturated carbocycles. The minimum absolute atomic E-state index is 0. The summed E-state index contributed by atoms with van der Waals surface area (Å²) in [5.74, 6) is 1.25. The number of nitrogens with zero attached hydrogens (tertiary/aromatic N) is 2. The van der Waals surface area contributed by atoms with E-state index in [1.165, 1.54) is 25.8 Å². The van der Waals surface area contributed by atoms with Crippen LogP contribution in [0.4, 0.5) is 0 Å². The molecule has 6 nitrogen and oxygen atoms in total. The van der Waals surface area contributed by atoms with Crippen LogP contribution < -0.4 is 10.6 Å². The largest absolute Gasteiger partial charge is 0.357 e. The first-order valence-electron chi connectivity index (χ1n) is 8.49. The van der Waals surface area contributed by atoms with Crippen molar-refractivity contribution in [3.05, 3.63) is 0 Å². The monoisotopic (exact) mass is 458 g/mol. The third-order valence-electron chi connectivity index (χ3n) is 4.52. The standard InChI is InChI=1S/C15H30N4O2S.HI/c1-3-16-15(18-14-7-11-22(20,21)12-14)17-8-10-19-9-5-4-6-13(19)2;/h13-14H,3-12H2,1-2H3,(H2,16,17,18);1H. The molecule has 0 aliphatic carbocycles. The van der Waals surface area contributed by atoms with Gasteiger partial charge in [0.25, 0.3) is 0 Å². The molecule has 2 saturated heterocycles. The molecule has 0 spiro atoms. The van der Waals surface area contributed by atoms with Gasteiger partial charge in [0, 0.05) is 25.2 Å². The topological polar surface area (TPSA) is 73.8 Å². The molecule has 0 radical (unpaired) electrons. The molecule has 136 valence electrons. The minimum atomic E-state index is -2.85. The van der Waals surface area contributed by atoms with E-state index in [0.717, 1.165) is 25.6 Å². The van der Waals surface area contributed by atoms with Gasteiger partial charge >= 0.3 is 0 Å². The van der Waals surface area contributed by atoms with Gasteiger partial charge in [-0.3, -0.25) is 9.89 Å². The second kappa shape index (κ2) is 10.0. The Morgan fingerprint density at radius 1 is 1.30 bits per heavy atom. The van der Waals surface area contributed by atoms with E-state index < -0.39 is 9.84 Å². The molecule has 0 aromatic rings. The fraction of sp³-hybridized carbons (Fsp3) is 0.933. The Labute approximate surface area is 157 Å². The van der Waals surface area contributed by atoms with Gasteiger partial charge in [0.2, 0.25) is 0 Å². The summed E-state index contributed by atoms with van der Waals surface area (Å²) >= 11 is 0. The zero-order valence-corrected chi connectivity index (χ0v) is 17.4. The molecule has 2 aliphatic rings. The predicted octanol–water partition coefficient (Wildman–Crippen LogP) is 1.22. The van der Waals surface area contributed by atoms with Crippen molar-refractivity contribution in [2.75, 3.05) is 37.7 Å². The molecular weight excluding hydrogens is 427 g/mol. The van der Waals surface area contributed by atoms with Crippen LogP contribution in [0.5, 0.6) is 0 Å². The molecule has 0 amide bonds. The van der Waals surface area contributed by atoms with Gasteiger partial charge in [0.1, 0.15) is 0 Å². The molecule has 2 N–H and O–H groups in total. The zero-order chi connectivity index (χ0) is 16.0. The van der Waals surface area contributed by atoms with E-state index >= 15 is 0 Å². The Bertz CT molecular complexity index is 484. The lowest BCUT2D eigenvalue weighted by atomic mass is 10.0. The van der Waals surface area contributed by atoms with Crippen molar-refractivity contribution in [2.24, 2.45) is 4.99 Å². The highest BCUT2D eigenvalue weighted by molar-refractivity contribution is 14.0. The lowest BCUT2D eigenvalue weighted by Gasteiger charge is -2.32. The number of likely N-dealkylation sites (tertiary alicyclic amines) is 1. The van der Waals surface area contributed by atoms with Gasteiger partial charge in [0.15, 0.2) is 15.8 Å². The van der Waals surface area contributed by atoms with E-state index in [0.29, 0.717) is 12.5 Å². The maximum Gasteiger partial charge on any atom is 0.191 e. The van der Waals surface area contributed by atoms with Gasteiger partial charge in [0.05, 0.1) is 18.1 Å². The van der Waals surface area contributed by atoms with E-state index in [1.54, 1.807) is 0 Å². The fourth-order valence-electron chi connectivity index (χ4n) is 3.20. The van der Waals surface area contributed by atoms with Crippen molar-refractivity contribution < 1.29 is 8.42 Å². The number of halogens is 1. The quantitative estimate of drug-likeness (QED) is 0.368. The molecule has 2 aliphatic heterocycles. The number of piperidine rings is 1. The molecular formula is C15H31IN4O2S. The summed E-state index contributed by atoms with van der Waals surface area (Å²) in [5.41, 5.74) is 0. The first kappa shape index (κ1) is 21.0. The number of sulfone groups is 1. The van der Waals surface area contributed by atoms with Crippen LogP contribution in [0.25, 0.3) is 0 Å². The normalized spacial score (nSPS) is 28.2. The predicted molar refractivity (Wildman–Crippen MR) is 106 cm³/mol. The van der Waals surface area contributed by atoms with E-state index in [-0.39, 0.29) is 41.5 Å². The van der Waals surface area contributed by atoms with Crippen LogP contribution in [0.3, 0.4) is 0 Å². The summed E-state index contributed by atoms with van der Waals surface area (Å²) in [6, 6.07) is 0.649. The molecule has 2 rings (SSSR count). The number of nitrogens with one attached hydrogen (secondary N) is 2. The highest BCUT2D eigenvalue weighted by Crippen LogP contribution is 2.15. The fourth-order valence-corrected chi connectivity index (χ4v) is 4.88. The Hall–Kier alpha value is -0.0900. The Balaban J connectivity index is 0.00000264. The first-order valence-corrected chi connectivity index (χ1v) is 10.3. The van der Waals surface area contributed by atoms with Crippen LogP contribution in [-0.4, -0.2) is 69.0 Å². The summed E-state index contributed by atoms with van der Waals surface area (Å²) in [7, 11) is -2.85. The van der Waals surface area contributed by atoms with Crippen LogP contribution in [-0.2, 0) is 9.84 Å². The Kier molecular flexibility index (Phi) is 9.13. The molecule has 0 aromatic heterocycles. The SMILES string of the molecule is CCNC(=NCCN1CCCCC1C)NC1CCS(=O)(=O)C1.I. The number of hydrogen-bond donors (Lipinski definition) is 2. The van der Waals surface area contributed by atoms with Gasteiger partial charge in [-0.15, -0.1) is 24.0 Å². The molecule has 2 atom stereocenters. The lowest BCUT2D eigenvalue weighted by Crippen LogP contribution is -2.44. The molecule has 0 bridgehead atoms. The first-order chi connectivity index (χ1) is 10.5. The zero-order valence-electron chi connectivity index (χ0n) is 14.3. The van der Waals surface area contributed by atoms with Crippen LogP contribution in [0.1, 0.15) is 39.5 Å². The molecule has 8 heteroatoms.